The number of benzene rings is 2. The number of nitrogens with zero attached hydrogens (tertiary/aromatic N) is 2. The van der Waals surface area contributed by atoms with Crippen molar-refractivity contribution in [2.45, 2.75) is 6.42 Å². The zero-order chi connectivity index (χ0) is 26.4. The molecule has 0 radical (unpaired) electrons. The van der Waals surface area contributed by atoms with Crippen LogP contribution in [0.1, 0.15) is 11.3 Å². The number of carbonyl (C=O) groups is 2. The van der Waals surface area contributed by atoms with Gasteiger partial charge in [0.05, 0.1) is 27.3 Å². The van der Waals surface area contributed by atoms with Crippen LogP contribution in [0.4, 0.5) is 20.2 Å². The summed E-state index contributed by atoms with van der Waals surface area (Å²) < 4.78 is 35.0. The Labute approximate surface area is 216 Å². The SMILES string of the molecule is CN(C)CC#Cc1cc2nccc(Oc3ccc(NC(=O)CC(=O)Nc4ccccc4F)cc3F)c2s1. The fourth-order valence-electron chi connectivity index (χ4n) is 3.23. The van der Waals surface area contributed by atoms with Crippen molar-refractivity contribution in [3.63, 3.8) is 0 Å². The van der Waals surface area contributed by atoms with Gasteiger partial charge in [-0.15, -0.1) is 11.3 Å². The van der Waals surface area contributed by atoms with E-state index in [0.717, 1.165) is 15.6 Å². The maximum atomic E-state index is 14.8. The molecule has 4 aromatic rings. The number of carbonyl (C=O) groups excluding carboxylic acids is 2. The van der Waals surface area contributed by atoms with Crippen molar-refractivity contribution in [2.24, 2.45) is 0 Å². The predicted molar refractivity (Wildman–Crippen MR) is 140 cm³/mol. The third-order valence-corrected chi connectivity index (χ3v) is 5.94. The molecule has 0 atom stereocenters. The van der Waals surface area contributed by atoms with Crippen LogP contribution in [0.3, 0.4) is 0 Å². The van der Waals surface area contributed by atoms with Gasteiger partial charge in [-0.2, -0.15) is 0 Å². The van der Waals surface area contributed by atoms with Gasteiger partial charge in [0.1, 0.15) is 18.0 Å². The molecular formula is C27H22F2N4O3S. The zero-order valence-electron chi connectivity index (χ0n) is 20.0. The normalized spacial score (nSPS) is 10.6. The molecule has 10 heteroatoms. The molecule has 0 fully saturated rings. The minimum atomic E-state index is -0.707. The predicted octanol–water partition coefficient (Wildman–Crippen LogP) is 5.25. The fourth-order valence-corrected chi connectivity index (χ4v) is 4.17. The van der Waals surface area contributed by atoms with E-state index in [1.54, 1.807) is 18.3 Å². The Morgan fingerprint density at radius 2 is 1.78 bits per heavy atom. The number of aromatic nitrogens is 1. The third-order valence-electron chi connectivity index (χ3n) is 4.89. The minimum Gasteiger partial charge on any atom is -0.453 e. The summed E-state index contributed by atoms with van der Waals surface area (Å²) in [5.41, 5.74) is 0.800. The van der Waals surface area contributed by atoms with E-state index >= 15 is 0 Å². The summed E-state index contributed by atoms with van der Waals surface area (Å²) in [4.78, 5) is 31.4. The van der Waals surface area contributed by atoms with Crippen LogP contribution in [0, 0.1) is 23.5 Å². The Balaban J connectivity index is 1.41. The second-order valence-corrected chi connectivity index (χ2v) is 9.23. The lowest BCUT2D eigenvalue weighted by atomic mass is 10.2. The number of fused-ring (bicyclic) bond motifs is 1. The molecule has 188 valence electrons. The third kappa shape index (κ3) is 6.88. The largest absolute Gasteiger partial charge is 0.453 e. The average molecular weight is 521 g/mol. The number of pyridine rings is 1. The quantitative estimate of drug-likeness (QED) is 0.257. The number of halogens is 2. The van der Waals surface area contributed by atoms with Crippen molar-refractivity contribution < 1.29 is 23.1 Å². The molecule has 4 rings (SSSR count). The highest BCUT2D eigenvalue weighted by molar-refractivity contribution is 7.19. The highest BCUT2D eigenvalue weighted by Gasteiger charge is 2.15. The van der Waals surface area contributed by atoms with Crippen LogP contribution in [-0.2, 0) is 9.59 Å². The molecule has 2 N–H and O–H groups in total. The van der Waals surface area contributed by atoms with Crippen LogP contribution in [0.15, 0.2) is 60.8 Å². The molecule has 0 unspecified atom stereocenters. The molecule has 2 aromatic heterocycles. The topological polar surface area (TPSA) is 83.6 Å². The Morgan fingerprint density at radius 1 is 1.00 bits per heavy atom. The Kier molecular flexibility index (Phi) is 8.08. The van der Waals surface area contributed by atoms with Gasteiger partial charge in [0.25, 0.3) is 0 Å². The molecule has 7 nitrogen and oxygen atoms in total. The van der Waals surface area contributed by atoms with Crippen LogP contribution < -0.4 is 15.4 Å². The lowest BCUT2D eigenvalue weighted by molar-refractivity contribution is -0.123. The summed E-state index contributed by atoms with van der Waals surface area (Å²) in [5, 5.41) is 4.77. The first-order valence-electron chi connectivity index (χ1n) is 11.1. The van der Waals surface area contributed by atoms with Crippen LogP contribution in [0.25, 0.3) is 10.2 Å². The Bertz CT molecular complexity index is 1530. The van der Waals surface area contributed by atoms with Gasteiger partial charge < -0.3 is 15.4 Å². The van der Waals surface area contributed by atoms with Crippen molar-refractivity contribution >= 4 is 44.7 Å². The monoisotopic (exact) mass is 520 g/mol. The second-order valence-electron chi connectivity index (χ2n) is 8.17. The van der Waals surface area contributed by atoms with Crippen LogP contribution >= 0.6 is 11.3 Å². The van der Waals surface area contributed by atoms with Crippen LogP contribution in [-0.4, -0.2) is 42.3 Å². The molecule has 0 saturated heterocycles. The van der Waals surface area contributed by atoms with Gasteiger partial charge in [0.15, 0.2) is 11.6 Å². The van der Waals surface area contributed by atoms with Gasteiger partial charge in [0, 0.05) is 24.0 Å². The zero-order valence-corrected chi connectivity index (χ0v) is 20.8. The van der Waals surface area contributed by atoms with Gasteiger partial charge in [-0.3, -0.25) is 19.5 Å². The molecule has 0 bridgehead atoms. The number of para-hydroxylation sites is 1. The number of hydrogen-bond acceptors (Lipinski definition) is 6. The number of anilines is 2. The van der Waals surface area contributed by atoms with E-state index in [1.807, 2.05) is 25.1 Å². The first kappa shape index (κ1) is 25.8. The maximum absolute atomic E-state index is 14.8. The van der Waals surface area contributed by atoms with Gasteiger partial charge in [-0.25, -0.2) is 8.78 Å². The summed E-state index contributed by atoms with van der Waals surface area (Å²) in [6, 6.07) is 13.0. The van der Waals surface area contributed by atoms with Gasteiger partial charge >= 0.3 is 0 Å². The number of rotatable bonds is 7. The number of ether oxygens (including phenoxy) is 1. The summed E-state index contributed by atoms with van der Waals surface area (Å²) in [5.74, 6) is 3.84. The van der Waals surface area contributed by atoms with Crippen molar-refractivity contribution in [1.82, 2.24) is 9.88 Å². The van der Waals surface area contributed by atoms with E-state index in [2.05, 4.69) is 27.5 Å². The van der Waals surface area contributed by atoms with Crippen molar-refractivity contribution in [3.05, 3.63) is 77.3 Å². The summed E-state index contributed by atoms with van der Waals surface area (Å²) in [7, 11) is 3.87. The van der Waals surface area contributed by atoms with Gasteiger partial charge in [-0.05, 0) is 44.4 Å². The lowest BCUT2D eigenvalue weighted by Gasteiger charge is -2.10. The molecule has 0 saturated carbocycles. The molecule has 2 aromatic carbocycles. The van der Waals surface area contributed by atoms with E-state index in [-0.39, 0.29) is 17.1 Å². The minimum absolute atomic E-state index is 0.0310. The van der Waals surface area contributed by atoms with E-state index < -0.39 is 29.9 Å². The molecule has 2 heterocycles. The Hall–Kier alpha value is -4.33. The van der Waals surface area contributed by atoms with E-state index in [1.165, 1.54) is 41.7 Å². The molecule has 0 aliphatic rings. The first-order valence-corrected chi connectivity index (χ1v) is 11.9. The smallest absolute Gasteiger partial charge is 0.233 e. The number of thiophene rings is 1. The summed E-state index contributed by atoms with van der Waals surface area (Å²) >= 11 is 1.40. The summed E-state index contributed by atoms with van der Waals surface area (Å²) in [6.45, 7) is 0.620. The van der Waals surface area contributed by atoms with Crippen molar-refractivity contribution in [2.75, 3.05) is 31.3 Å². The molecule has 0 aliphatic carbocycles. The highest BCUT2D eigenvalue weighted by Crippen LogP contribution is 2.36. The van der Waals surface area contributed by atoms with Gasteiger partial charge in [-0.1, -0.05) is 24.0 Å². The van der Waals surface area contributed by atoms with Crippen molar-refractivity contribution in [1.29, 1.82) is 0 Å². The highest BCUT2D eigenvalue weighted by atomic mass is 32.1. The molecular weight excluding hydrogens is 498 g/mol. The molecule has 2 amide bonds. The van der Waals surface area contributed by atoms with Crippen LogP contribution in [0.5, 0.6) is 11.5 Å². The second kappa shape index (κ2) is 11.6. The van der Waals surface area contributed by atoms with E-state index in [4.69, 9.17) is 4.74 Å². The van der Waals surface area contributed by atoms with Gasteiger partial charge in [0.2, 0.25) is 11.8 Å². The molecule has 0 aliphatic heterocycles. The van der Waals surface area contributed by atoms with Crippen molar-refractivity contribution in [3.8, 4) is 23.3 Å². The van der Waals surface area contributed by atoms with E-state index in [9.17, 15) is 18.4 Å². The van der Waals surface area contributed by atoms with E-state index in [0.29, 0.717) is 17.8 Å². The standard InChI is InChI=1S/C27H22F2N4O3S/c1-33(2)13-5-6-18-15-22-27(37-18)24(11-12-30-22)36-23-10-9-17(14-20(23)29)31-25(34)16-26(35)32-21-8-4-3-7-19(21)28/h3-4,7-12,14-15H,13,16H2,1-2H3,(H,31,34)(H,32,35). The fraction of sp³-hybridized carbons (Fsp3) is 0.148. The summed E-state index contributed by atoms with van der Waals surface area (Å²) in [6.07, 6.45) is 1.00. The Morgan fingerprint density at radius 3 is 2.54 bits per heavy atom. The first-order chi connectivity index (χ1) is 17.8. The average Bonchev–Trinajstić information content (AvgIpc) is 3.26. The number of amides is 2. The van der Waals surface area contributed by atoms with Crippen LogP contribution in [0.2, 0.25) is 0 Å². The lowest BCUT2D eigenvalue weighted by Crippen LogP contribution is -2.21. The number of nitrogens with one attached hydrogen (secondary N) is 2. The number of hydrogen-bond donors (Lipinski definition) is 2. The molecule has 37 heavy (non-hydrogen) atoms. The maximum Gasteiger partial charge on any atom is 0.233 e. The molecule has 0 spiro atoms.